The second kappa shape index (κ2) is 19.5. The van der Waals surface area contributed by atoms with E-state index in [0.717, 1.165) is 76.4 Å². The van der Waals surface area contributed by atoms with Gasteiger partial charge < -0.3 is 19.1 Å². The van der Waals surface area contributed by atoms with Crippen molar-refractivity contribution in [3.63, 3.8) is 0 Å². The number of para-hydroxylation sites is 1. The van der Waals surface area contributed by atoms with Gasteiger partial charge in [0.05, 0.1) is 30.8 Å². The first-order valence-electron chi connectivity index (χ1n) is 32.1. The average Bonchev–Trinajstić information content (AvgIpc) is 1.15. The van der Waals surface area contributed by atoms with Gasteiger partial charge in [0.2, 0.25) is 0 Å². The Balaban J connectivity index is 1.22. The summed E-state index contributed by atoms with van der Waals surface area (Å²) in [6.07, 6.45) is 4.49. The fourth-order valence-electron chi connectivity index (χ4n) is 14.9. The molecule has 4 nitrogen and oxygen atoms in total. The molecule has 0 saturated carbocycles. The van der Waals surface area contributed by atoms with Crippen molar-refractivity contribution < 1.29 is 4.42 Å². The summed E-state index contributed by atoms with van der Waals surface area (Å²) < 4.78 is 7.70. The summed E-state index contributed by atoms with van der Waals surface area (Å²) in [6, 6.07) is 64.3. The lowest BCUT2D eigenvalue weighted by Crippen LogP contribution is -2.61. The van der Waals surface area contributed by atoms with Crippen LogP contribution in [0.15, 0.2) is 168 Å². The first-order chi connectivity index (χ1) is 40.3. The van der Waals surface area contributed by atoms with Gasteiger partial charge >= 0.3 is 0 Å². The van der Waals surface area contributed by atoms with E-state index in [9.17, 15) is 0 Å². The van der Waals surface area contributed by atoms with Crippen LogP contribution in [0.1, 0.15) is 177 Å². The minimum atomic E-state index is -1.87. The smallest absolute Gasteiger partial charge is 0.297 e. The number of nitrogens with zero attached hydrogens (tertiary/aromatic N) is 3. The van der Waals surface area contributed by atoms with Crippen molar-refractivity contribution in [3.8, 4) is 11.1 Å². The third kappa shape index (κ3) is 9.27. The first-order valence-corrected chi connectivity index (χ1v) is 35.1. The largest absolute Gasteiger partial charge is 0.468 e. The molecule has 1 aromatic heterocycles. The van der Waals surface area contributed by atoms with Crippen molar-refractivity contribution >= 4 is 98.7 Å². The van der Waals surface area contributed by atoms with Crippen molar-refractivity contribution in [3.05, 3.63) is 197 Å². The molecular weight excluding hydrogens is 1060 g/mol. The second-order valence-electron chi connectivity index (χ2n) is 32.4. The van der Waals surface area contributed by atoms with Crippen LogP contribution >= 0.6 is 0 Å². The Hall–Kier alpha value is -7.02. The lowest BCUT2D eigenvalue weighted by Gasteiger charge is -2.48. The molecule has 0 spiro atoms. The fourth-order valence-corrected chi connectivity index (χ4v) is 16.7. The number of rotatable bonds is 7. The molecule has 0 N–H and O–H groups in total. The standard InChI is InChI=1S/C80H92BN3OSi/c1-74(2,3)52-30-33-56(34-31-52)83-68-45-57(82(54-28-24-21-25-29-54)55-35-37-58(38-36-55)86(18,19)76(7,8)9)46-69-71(68)81(73-72(83)60-44-53(75(4,5)6)32-39-70(60)85-73)65-48-62-64(80(16,17)43-41-78(62,12)13)50-67(65)84(69)66-49-63-61(77(10,11)40-42-79(63,14)15)47-59(66)51-26-22-20-23-27-51/h20-39,44-50H,40-43H2,1-19H3. The molecule has 13 rings (SSSR count). The summed E-state index contributed by atoms with van der Waals surface area (Å²) in [4.78, 5) is 7.89. The molecule has 0 radical (unpaired) electrons. The lowest BCUT2D eigenvalue weighted by molar-refractivity contribution is 0.332. The second-order valence-corrected chi connectivity index (χ2v) is 37.8. The van der Waals surface area contributed by atoms with E-state index in [1.807, 2.05) is 0 Å². The van der Waals surface area contributed by atoms with Crippen molar-refractivity contribution in [2.24, 2.45) is 0 Å². The molecular formula is C80H92BN3OSi. The summed E-state index contributed by atoms with van der Waals surface area (Å²) >= 11 is 0. The van der Waals surface area contributed by atoms with Crippen LogP contribution in [0.5, 0.6) is 0 Å². The Morgan fingerprint density at radius 3 is 1.50 bits per heavy atom. The van der Waals surface area contributed by atoms with Crippen molar-refractivity contribution in [2.45, 2.75) is 194 Å². The molecule has 0 amide bonds. The Morgan fingerprint density at radius 1 is 0.465 bits per heavy atom. The highest BCUT2D eigenvalue weighted by molar-refractivity contribution is 7.00. The predicted molar refractivity (Wildman–Crippen MR) is 375 cm³/mol. The van der Waals surface area contributed by atoms with Crippen LogP contribution in [0.25, 0.3) is 22.1 Å². The van der Waals surface area contributed by atoms with E-state index in [0.29, 0.717) is 0 Å². The SMILES string of the molecule is CC(C)(C)c1ccc(N2c3cc(N(c4ccccc4)c4ccc([Si](C)(C)C(C)(C)C)cc4)cc4c3B(c3cc5c(cc3N4c3cc4c(cc3-c3ccccc3)C(C)(C)CCC4(C)C)C(C)(C)CCC5(C)C)c3oc4ccc(C(C)(C)C)cc4c32)cc1. The molecule has 0 bridgehead atoms. The zero-order chi connectivity index (χ0) is 61.2. The van der Waals surface area contributed by atoms with Gasteiger partial charge in [-0.15, -0.1) is 0 Å². The zero-order valence-electron chi connectivity index (χ0n) is 55.2. The molecule has 2 aliphatic carbocycles. The van der Waals surface area contributed by atoms with Crippen LogP contribution < -0.4 is 36.5 Å². The maximum atomic E-state index is 7.70. The molecule has 0 fully saturated rings. The van der Waals surface area contributed by atoms with E-state index >= 15 is 0 Å². The van der Waals surface area contributed by atoms with E-state index in [-0.39, 0.29) is 44.2 Å². The number of furan rings is 1. The number of hydrogen-bond acceptors (Lipinski definition) is 4. The molecule has 0 atom stereocenters. The monoisotopic (exact) mass is 1150 g/mol. The quantitative estimate of drug-likeness (QED) is 0.148. The van der Waals surface area contributed by atoms with E-state index in [1.54, 1.807) is 0 Å². The fraction of sp³-hybridized carbons (Fsp3) is 0.375. The van der Waals surface area contributed by atoms with Crippen molar-refractivity contribution in [1.29, 1.82) is 0 Å². The summed E-state index contributed by atoms with van der Waals surface area (Å²) in [5, 5.41) is 2.79. The molecule has 9 aromatic rings. The Morgan fingerprint density at radius 2 is 0.953 bits per heavy atom. The topological polar surface area (TPSA) is 22.9 Å². The van der Waals surface area contributed by atoms with Gasteiger partial charge in [0.1, 0.15) is 5.58 Å². The molecule has 2 aliphatic heterocycles. The summed E-state index contributed by atoms with van der Waals surface area (Å²) in [7, 11) is -1.87. The number of benzene rings is 8. The summed E-state index contributed by atoms with van der Waals surface area (Å²) in [5.41, 5.74) is 25.4. The van der Waals surface area contributed by atoms with E-state index < -0.39 is 8.07 Å². The van der Waals surface area contributed by atoms with Crippen molar-refractivity contribution in [1.82, 2.24) is 0 Å². The molecule has 0 unspecified atom stereocenters. The Bertz CT molecular complexity index is 4140. The number of fused-ring (bicyclic) bond motifs is 8. The van der Waals surface area contributed by atoms with Crippen LogP contribution in [0.3, 0.4) is 0 Å². The molecule has 86 heavy (non-hydrogen) atoms. The third-order valence-corrected chi connectivity index (χ3v) is 27.3. The highest BCUT2D eigenvalue weighted by Crippen LogP contribution is 2.57. The predicted octanol–water partition coefficient (Wildman–Crippen LogP) is 20.7. The van der Waals surface area contributed by atoms with Crippen molar-refractivity contribution in [2.75, 3.05) is 14.7 Å². The number of hydrogen-bond donors (Lipinski definition) is 0. The van der Waals surface area contributed by atoms with Crippen LogP contribution in [0.2, 0.25) is 18.1 Å². The summed E-state index contributed by atoms with van der Waals surface area (Å²) in [6.45, 7) is 45.9. The highest BCUT2D eigenvalue weighted by Gasteiger charge is 2.51. The van der Waals surface area contributed by atoms with Crippen LogP contribution in [0, 0.1) is 0 Å². The van der Waals surface area contributed by atoms with Gasteiger partial charge in [0.25, 0.3) is 6.71 Å². The first kappa shape index (κ1) is 58.0. The Labute approximate surface area is 517 Å². The number of anilines is 9. The highest BCUT2D eigenvalue weighted by atomic mass is 28.3. The molecule has 4 aliphatic rings. The molecule has 0 saturated heterocycles. The van der Waals surface area contributed by atoms with Gasteiger partial charge in [-0.25, -0.2) is 0 Å². The average molecular weight is 1150 g/mol. The van der Waals surface area contributed by atoms with E-state index in [4.69, 9.17) is 4.42 Å². The normalized spacial score (nSPS) is 17.4. The van der Waals surface area contributed by atoms with Gasteiger partial charge in [0, 0.05) is 45.1 Å². The van der Waals surface area contributed by atoms with Gasteiger partial charge in [-0.1, -0.05) is 221 Å². The van der Waals surface area contributed by atoms with Gasteiger partial charge in [-0.05, 0) is 192 Å². The van der Waals surface area contributed by atoms with E-state index in [2.05, 4.69) is 309 Å². The minimum absolute atomic E-state index is 0.00448. The molecule has 3 heterocycles. The maximum absolute atomic E-state index is 7.70. The van der Waals surface area contributed by atoms with Crippen LogP contribution in [-0.2, 0) is 32.5 Å². The van der Waals surface area contributed by atoms with Crippen LogP contribution in [0.4, 0.5) is 51.2 Å². The van der Waals surface area contributed by atoms with E-state index in [1.165, 1.54) is 77.7 Å². The zero-order valence-corrected chi connectivity index (χ0v) is 56.2. The van der Waals surface area contributed by atoms with Gasteiger partial charge in [0.15, 0.2) is 0 Å². The minimum Gasteiger partial charge on any atom is -0.468 e. The molecule has 440 valence electrons. The Kier molecular flexibility index (Phi) is 13.2. The van der Waals surface area contributed by atoms with Crippen LogP contribution in [-0.4, -0.2) is 14.8 Å². The third-order valence-electron chi connectivity index (χ3n) is 21.8. The maximum Gasteiger partial charge on any atom is 0.297 e. The molecule has 6 heteroatoms. The molecule has 8 aromatic carbocycles. The van der Waals surface area contributed by atoms with Gasteiger partial charge in [-0.3, -0.25) is 0 Å². The summed E-state index contributed by atoms with van der Waals surface area (Å²) in [5.74, 6) is 0. The lowest BCUT2D eigenvalue weighted by atomic mass is 9.35. The van der Waals surface area contributed by atoms with Gasteiger partial charge in [-0.2, -0.15) is 0 Å².